The van der Waals surface area contributed by atoms with Gasteiger partial charge < -0.3 is 5.21 Å². The summed E-state index contributed by atoms with van der Waals surface area (Å²) in [6, 6.07) is 0. The molecule has 0 aromatic heterocycles. The highest BCUT2D eigenvalue weighted by Gasteiger charge is 1.97. The highest BCUT2D eigenvalue weighted by molar-refractivity contribution is 6.43. The SMILES string of the molecule is C=CC(=NO)C(C)=O. The van der Waals surface area contributed by atoms with Gasteiger partial charge in [-0.25, -0.2) is 0 Å². The fourth-order valence-electron chi connectivity index (χ4n) is 0.255. The van der Waals surface area contributed by atoms with Gasteiger partial charge in [-0.2, -0.15) is 0 Å². The Morgan fingerprint density at radius 1 is 1.88 bits per heavy atom. The molecule has 8 heavy (non-hydrogen) atoms. The molecule has 3 heteroatoms. The lowest BCUT2D eigenvalue weighted by Gasteiger charge is -1.84. The van der Waals surface area contributed by atoms with Gasteiger partial charge >= 0.3 is 0 Å². The zero-order valence-corrected chi connectivity index (χ0v) is 4.59. The lowest BCUT2D eigenvalue weighted by Crippen LogP contribution is -2.04. The maximum absolute atomic E-state index is 10.2. The number of nitrogens with zero attached hydrogens (tertiary/aromatic N) is 1. The molecule has 0 spiro atoms. The van der Waals surface area contributed by atoms with Crippen LogP contribution in [0.2, 0.25) is 0 Å². The van der Waals surface area contributed by atoms with Crippen molar-refractivity contribution in [1.29, 1.82) is 0 Å². The van der Waals surface area contributed by atoms with E-state index < -0.39 is 0 Å². The van der Waals surface area contributed by atoms with Crippen LogP contribution < -0.4 is 0 Å². The van der Waals surface area contributed by atoms with E-state index in [1.165, 1.54) is 13.0 Å². The number of carbonyl (C=O) groups is 1. The molecule has 0 aromatic rings. The second kappa shape index (κ2) is 2.96. The normalized spacial score (nSPS) is 10.9. The van der Waals surface area contributed by atoms with Crippen LogP contribution in [0.15, 0.2) is 17.8 Å². The molecule has 0 saturated carbocycles. The number of Topliss-reactive ketones (excluding diaryl/α,β-unsaturated/α-hetero) is 1. The first kappa shape index (κ1) is 6.88. The predicted molar refractivity (Wildman–Crippen MR) is 30.1 cm³/mol. The Hall–Kier alpha value is -1.12. The van der Waals surface area contributed by atoms with Crippen molar-refractivity contribution < 1.29 is 10.0 Å². The van der Waals surface area contributed by atoms with Gasteiger partial charge in [0.05, 0.1) is 0 Å². The summed E-state index contributed by atoms with van der Waals surface area (Å²) in [5, 5.41) is 10.6. The largest absolute Gasteiger partial charge is 0.410 e. The molecule has 0 fully saturated rings. The number of rotatable bonds is 2. The Bertz CT molecular complexity index is 137. The molecule has 0 aliphatic heterocycles. The van der Waals surface area contributed by atoms with Crippen molar-refractivity contribution >= 4 is 11.5 Å². The molecule has 0 saturated heterocycles. The molecule has 1 N–H and O–H groups in total. The Labute approximate surface area is 47.3 Å². The lowest BCUT2D eigenvalue weighted by molar-refractivity contribution is -0.111. The number of carbonyl (C=O) groups excluding carboxylic acids is 1. The minimum absolute atomic E-state index is 0.00926. The van der Waals surface area contributed by atoms with E-state index in [4.69, 9.17) is 5.21 Å². The molecule has 44 valence electrons. The van der Waals surface area contributed by atoms with Crippen LogP contribution in [0.25, 0.3) is 0 Å². The van der Waals surface area contributed by atoms with Crippen LogP contribution in [0.4, 0.5) is 0 Å². The smallest absolute Gasteiger partial charge is 0.181 e. The summed E-state index contributed by atoms with van der Waals surface area (Å²) >= 11 is 0. The van der Waals surface area contributed by atoms with Crippen molar-refractivity contribution in [1.82, 2.24) is 0 Å². The molecule has 0 amide bonds. The zero-order chi connectivity index (χ0) is 6.57. The fraction of sp³-hybridized carbons (Fsp3) is 0.200. The summed E-state index contributed by atoms with van der Waals surface area (Å²) in [6.45, 7) is 4.54. The van der Waals surface area contributed by atoms with E-state index in [-0.39, 0.29) is 11.5 Å². The van der Waals surface area contributed by atoms with Gasteiger partial charge in [0, 0.05) is 6.92 Å². The third kappa shape index (κ3) is 1.55. The van der Waals surface area contributed by atoms with Crippen molar-refractivity contribution in [3.8, 4) is 0 Å². The van der Waals surface area contributed by atoms with Crippen LogP contribution in [-0.4, -0.2) is 16.7 Å². The molecule has 0 atom stereocenters. The van der Waals surface area contributed by atoms with Gasteiger partial charge in [-0.05, 0) is 6.08 Å². The van der Waals surface area contributed by atoms with Gasteiger partial charge in [-0.1, -0.05) is 11.7 Å². The van der Waals surface area contributed by atoms with Crippen LogP contribution in [0.1, 0.15) is 6.92 Å². The Balaban J connectivity index is 4.13. The van der Waals surface area contributed by atoms with Crippen molar-refractivity contribution in [3.63, 3.8) is 0 Å². The molecular formula is C5H7NO2. The number of hydrogen-bond acceptors (Lipinski definition) is 3. The van der Waals surface area contributed by atoms with E-state index in [9.17, 15) is 4.79 Å². The first-order valence-electron chi connectivity index (χ1n) is 2.07. The van der Waals surface area contributed by atoms with Crippen LogP contribution >= 0.6 is 0 Å². The lowest BCUT2D eigenvalue weighted by atomic mass is 10.3. The average molecular weight is 113 g/mol. The van der Waals surface area contributed by atoms with E-state index in [1.54, 1.807) is 0 Å². The van der Waals surface area contributed by atoms with Gasteiger partial charge in [0.1, 0.15) is 5.71 Å². The summed E-state index contributed by atoms with van der Waals surface area (Å²) < 4.78 is 0. The quantitative estimate of drug-likeness (QED) is 0.323. The highest BCUT2D eigenvalue weighted by Crippen LogP contribution is 1.78. The van der Waals surface area contributed by atoms with E-state index in [1.807, 2.05) is 0 Å². The molecule has 0 radical (unpaired) electrons. The molecule has 0 heterocycles. The topological polar surface area (TPSA) is 49.7 Å². The Kier molecular flexibility index (Phi) is 2.54. The maximum atomic E-state index is 10.2. The first-order chi connectivity index (χ1) is 3.72. The first-order valence-corrected chi connectivity index (χ1v) is 2.07. The van der Waals surface area contributed by atoms with Crippen molar-refractivity contribution in [2.24, 2.45) is 5.16 Å². The molecular weight excluding hydrogens is 106 g/mol. The molecule has 0 aliphatic rings. The molecule has 3 nitrogen and oxygen atoms in total. The summed E-state index contributed by atoms with van der Waals surface area (Å²) in [5.41, 5.74) is -0.00926. The monoisotopic (exact) mass is 113 g/mol. The van der Waals surface area contributed by atoms with Crippen LogP contribution in [0, 0.1) is 0 Å². The van der Waals surface area contributed by atoms with Gasteiger partial charge in [0.25, 0.3) is 0 Å². The minimum atomic E-state index is -0.289. The second-order valence-corrected chi connectivity index (χ2v) is 1.25. The van der Waals surface area contributed by atoms with Crippen molar-refractivity contribution in [2.45, 2.75) is 6.92 Å². The third-order valence-electron chi connectivity index (χ3n) is 0.662. The molecule has 0 aliphatic carbocycles. The number of ketones is 1. The van der Waals surface area contributed by atoms with Gasteiger partial charge in [0.15, 0.2) is 5.78 Å². The summed E-state index contributed by atoms with van der Waals surface area (Å²) in [6.07, 6.45) is 1.20. The number of hydrogen-bond donors (Lipinski definition) is 1. The second-order valence-electron chi connectivity index (χ2n) is 1.25. The Morgan fingerprint density at radius 3 is 2.38 bits per heavy atom. The number of oxime groups is 1. The van der Waals surface area contributed by atoms with Gasteiger partial charge in [-0.15, -0.1) is 0 Å². The van der Waals surface area contributed by atoms with Crippen LogP contribution in [0.3, 0.4) is 0 Å². The van der Waals surface area contributed by atoms with E-state index >= 15 is 0 Å². The minimum Gasteiger partial charge on any atom is -0.410 e. The molecule has 0 aromatic carbocycles. The van der Waals surface area contributed by atoms with E-state index in [2.05, 4.69) is 11.7 Å². The summed E-state index contributed by atoms with van der Waals surface area (Å²) in [7, 11) is 0. The molecule has 0 unspecified atom stereocenters. The fourth-order valence-corrected chi connectivity index (χ4v) is 0.255. The predicted octanol–water partition coefficient (Wildman–Crippen LogP) is 0.592. The van der Waals surface area contributed by atoms with E-state index in [0.29, 0.717) is 0 Å². The molecule has 0 rings (SSSR count). The van der Waals surface area contributed by atoms with Crippen molar-refractivity contribution in [2.75, 3.05) is 0 Å². The summed E-state index contributed by atoms with van der Waals surface area (Å²) in [4.78, 5) is 10.2. The zero-order valence-electron chi connectivity index (χ0n) is 4.59. The Morgan fingerprint density at radius 2 is 2.38 bits per heavy atom. The highest BCUT2D eigenvalue weighted by atomic mass is 16.4. The maximum Gasteiger partial charge on any atom is 0.181 e. The van der Waals surface area contributed by atoms with Gasteiger partial charge in [0.2, 0.25) is 0 Å². The van der Waals surface area contributed by atoms with Crippen LogP contribution in [0.5, 0.6) is 0 Å². The summed E-state index contributed by atoms with van der Waals surface area (Å²) in [5.74, 6) is -0.289. The van der Waals surface area contributed by atoms with Gasteiger partial charge in [-0.3, -0.25) is 4.79 Å². The van der Waals surface area contributed by atoms with Crippen LogP contribution in [-0.2, 0) is 4.79 Å². The number of allylic oxidation sites excluding steroid dienone is 1. The third-order valence-corrected chi connectivity index (χ3v) is 0.662. The molecule has 0 bridgehead atoms. The average Bonchev–Trinajstić information content (AvgIpc) is 1.69. The van der Waals surface area contributed by atoms with E-state index in [0.717, 1.165) is 0 Å². The van der Waals surface area contributed by atoms with Crippen molar-refractivity contribution in [3.05, 3.63) is 12.7 Å². The standard InChI is InChI=1S/C5H7NO2/c1-3-5(6-8)4(2)7/h3,8H,1H2,2H3.